The van der Waals surface area contributed by atoms with Crippen LogP contribution in [0, 0.1) is 6.92 Å². The summed E-state index contributed by atoms with van der Waals surface area (Å²) in [5.74, 6) is -0.196. The number of carbonyl (C=O) groups excluding carboxylic acids is 1. The van der Waals surface area contributed by atoms with Crippen LogP contribution >= 0.6 is 11.3 Å². The Morgan fingerprint density at radius 2 is 2.17 bits per heavy atom. The molecule has 23 heavy (non-hydrogen) atoms. The fourth-order valence-corrected chi connectivity index (χ4v) is 3.09. The number of nitrogens with zero attached hydrogens (tertiary/aromatic N) is 3. The van der Waals surface area contributed by atoms with Crippen LogP contribution in [0.4, 0.5) is 0 Å². The van der Waals surface area contributed by atoms with Crippen molar-refractivity contribution in [2.45, 2.75) is 19.9 Å². The van der Waals surface area contributed by atoms with Crippen LogP contribution in [0.3, 0.4) is 0 Å². The first-order valence-electron chi connectivity index (χ1n) is 7.36. The Hall–Kier alpha value is -2.47. The molecule has 1 atom stereocenters. The summed E-state index contributed by atoms with van der Waals surface area (Å²) in [7, 11) is 1.84. The molecule has 3 aromatic heterocycles. The molecule has 1 amide bonds. The molecule has 0 saturated heterocycles. The number of hydrogen-bond acceptors (Lipinski definition) is 4. The first-order chi connectivity index (χ1) is 11.0. The standard InChI is InChI=1S/C17H18N4OS/c1-11-6-7-13(18-10-11)12(2)19-17(22)14-9-15(21(3)20-14)16-5-4-8-23-16/h4-10,12H,1-3H3,(H,19,22). The van der Waals surface area contributed by atoms with Crippen LogP contribution in [-0.4, -0.2) is 20.7 Å². The van der Waals surface area contributed by atoms with Gasteiger partial charge in [-0.1, -0.05) is 12.1 Å². The van der Waals surface area contributed by atoms with E-state index in [4.69, 9.17) is 0 Å². The van der Waals surface area contributed by atoms with E-state index in [1.54, 1.807) is 22.2 Å². The minimum Gasteiger partial charge on any atom is -0.343 e. The number of aryl methyl sites for hydroxylation is 2. The molecular formula is C17H18N4OS. The van der Waals surface area contributed by atoms with Crippen molar-refractivity contribution in [2.75, 3.05) is 0 Å². The van der Waals surface area contributed by atoms with E-state index < -0.39 is 0 Å². The lowest BCUT2D eigenvalue weighted by molar-refractivity contribution is 0.0933. The fraction of sp³-hybridized carbons (Fsp3) is 0.235. The largest absolute Gasteiger partial charge is 0.343 e. The molecule has 3 heterocycles. The van der Waals surface area contributed by atoms with Crippen molar-refractivity contribution in [1.82, 2.24) is 20.1 Å². The Morgan fingerprint density at radius 3 is 2.83 bits per heavy atom. The molecular weight excluding hydrogens is 308 g/mol. The molecule has 0 spiro atoms. The van der Waals surface area contributed by atoms with Crippen molar-refractivity contribution in [3.63, 3.8) is 0 Å². The van der Waals surface area contributed by atoms with Gasteiger partial charge in [-0.25, -0.2) is 0 Å². The van der Waals surface area contributed by atoms with Crippen molar-refractivity contribution in [1.29, 1.82) is 0 Å². The van der Waals surface area contributed by atoms with Gasteiger partial charge in [0.25, 0.3) is 5.91 Å². The molecule has 0 fully saturated rings. The van der Waals surface area contributed by atoms with E-state index >= 15 is 0 Å². The highest BCUT2D eigenvalue weighted by Crippen LogP contribution is 2.25. The average molecular weight is 326 g/mol. The van der Waals surface area contributed by atoms with Crippen LogP contribution in [0.25, 0.3) is 10.6 Å². The third kappa shape index (κ3) is 3.32. The van der Waals surface area contributed by atoms with Crippen LogP contribution in [-0.2, 0) is 7.05 Å². The zero-order valence-electron chi connectivity index (χ0n) is 13.3. The van der Waals surface area contributed by atoms with Crippen LogP contribution < -0.4 is 5.32 Å². The lowest BCUT2D eigenvalue weighted by Crippen LogP contribution is -2.27. The average Bonchev–Trinajstić information content (AvgIpc) is 3.16. The van der Waals surface area contributed by atoms with Gasteiger partial charge in [0, 0.05) is 13.2 Å². The molecule has 0 radical (unpaired) electrons. The van der Waals surface area contributed by atoms with Gasteiger partial charge in [0.05, 0.1) is 22.3 Å². The highest BCUT2D eigenvalue weighted by molar-refractivity contribution is 7.13. The smallest absolute Gasteiger partial charge is 0.272 e. The van der Waals surface area contributed by atoms with E-state index in [0.717, 1.165) is 21.8 Å². The number of carbonyl (C=O) groups is 1. The Kier molecular flexibility index (Phi) is 4.25. The number of pyridine rings is 1. The molecule has 5 nitrogen and oxygen atoms in total. The maximum Gasteiger partial charge on any atom is 0.272 e. The molecule has 118 valence electrons. The molecule has 0 bridgehead atoms. The lowest BCUT2D eigenvalue weighted by Gasteiger charge is -2.12. The summed E-state index contributed by atoms with van der Waals surface area (Å²) in [5, 5.41) is 9.27. The van der Waals surface area contributed by atoms with Crippen molar-refractivity contribution in [3.05, 3.63) is 58.9 Å². The van der Waals surface area contributed by atoms with E-state index in [-0.39, 0.29) is 11.9 Å². The Morgan fingerprint density at radius 1 is 1.35 bits per heavy atom. The molecule has 0 aliphatic carbocycles. The van der Waals surface area contributed by atoms with E-state index in [0.29, 0.717) is 5.69 Å². The fourth-order valence-electron chi connectivity index (χ4n) is 2.31. The van der Waals surface area contributed by atoms with Crippen LogP contribution in [0.15, 0.2) is 41.9 Å². The van der Waals surface area contributed by atoms with Gasteiger partial charge < -0.3 is 5.32 Å². The summed E-state index contributed by atoms with van der Waals surface area (Å²) in [6.45, 7) is 3.90. The summed E-state index contributed by atoms with van der Waals surface area (Å²) in [6, 6.07) is 9.56. The van der Waals surface area contributed by atoms with Crippen molar-refractivity contribution in [2.24, 2.45) is 7.05 Å². The van der Waals surface area contributed by atoms with E-state index in [1.807, 2.05) is 56.6 Å². The van der Waals surface area contributed by atoms with Gasteiger partial charge in [-0.05, 0) is 43.0 Å². The number of hydrogen-bond donors (Lipinski definition) is 1. The third-order valence-electron chi connectivity index (χ3n) is 3.61. The second kappa shape index (κ2) is 6.34. The Labute approximate surface area is 139 Å². The Balaban J connectivity index is 1.76. The van der Waals surface area contributed by atoms with Gasteiger partial charge in [-0.15, -0.1) is 11.3 Å². The number of thiophene rings is 1. The molecule has 0 aliphatic heterocycles. The monoisotopic (exact) mass is 326 g/mol. The van der Waals surface area contributed by atoms with Gasteiger partial charge in [0.15, 0.2) is 5.69 Å². The minimum atomic E-state index is -0.196. The first-order valence-corrected chi connectivity index (χ1v) is 8.24. The van der Waals surface area contributed by atoms with Gasteiger partial charge >= 0.3 is 0 Å². The molecule has 3 rings (SSSR count). The van der Waals surface area contributed by atoms with Crippen LogP contribution in [0.5, 0.6) is 0 Å². The lowest BCUT2D eigenvalue weighted by atomic mass is 10.2. The van der Waals surface area contributed by atoms with Crippen molar-refractivity contribution >= 4 is 17.2 Å². The normalized spacial score (nSPS) is 12.1. The molecule has 1 N–H and O–H groups in total. The predicted octanol–water partition coefficient (Wildman–Crippen LogP) is 3.34. The number of rotatable bonds is 4. The topological polar surface area (TPSA) is 59.8 Å². The summed E-state index contributed by atoms with van der Waals surface area (Å²) in [6.07, 6.45) is 1.80. The highest BCUT2D eigenvalue weighted by Gasteiger charge is 2.17. The maximum atomic E-state index is 12.4. The molecule has 0 aliphatic rings. The molecule has 0 aromatic carbocycles. The van der Waals surface area contributed by atoms with Crippen molar-refractivity contribution in [3.8, 4) is 10.6 Å². The molecule has 1 unspecified atom stereocenters. The summed E-state index contributed by atoms with van der Waals surface area (Å²) in [5.41, 5.74) is 3.28. The number of amides is 1. The number of aromatic nitrogens is 3. The van der Waals surface area contributed by atoms with Gasteiger partial charge in [0.2, 0.25) is 0 Å². The van der Waals surface area contributed by atoms with E-state index in [1.165, 1.54) is 0 Å². The van der Waals surface area contributed by atoms with Crippen LogP contribution in [0.2, 0.25) is 0 Å². The zero-order chi connectivity index (χ0) is 16.4. The van der Waals surface area contributed by atoms with Gasteiger partial charge in [0.1, 0.15) is 0 Å². The van der Waals surface area contributed by atoms with Gasteiger partial charge in [-0.3, -0.25) is 14.5 Å². The zero-order valence-corrected chi connectivity index (χ0v) is 14.1. The molecule has 6 heteroatoms. The van der Waals surface area contributed by atoms with Gasteiger partial charge in [-0.2, -0.15) is 5.10 Å². The quantitative estimate of drug-likeness (QED) is 0.800. The molecule has 3 aromatic rings. The maximum absolute atomic E-state index is 12.4. The van der Waals surface area contributed by atoms with E-state index in [9.17, 15) is 4.79 Å². The summed E-state index contributed by atoms with van der Waals surface area (Å²) in [4.78, 5) is 17.9. The molecule has 0 saturated carbocycles. The number of nitrogens with one attached hydrogen (secondary N) is 1. The Bertz CT molecular complexity index is 806. The highest BCUT2D eigenvalue weighted by atomic mass is 32.1. The first kappa shape index (κ1) is 15.4. The summed E-state index contributed by atoms with van der Waals surface area (Å²) < 4.78 is 1.73. The minimum absolute atomic E-state index is 0.171. The second-order valence-corrected chi connectivity index (χ2v) is 6.42. The van der Waals surface area contributed by atoms with Crippen molar-refractivity contribution < 1.29 is 4.79 Å². The second-order valence-electron chi connectivity index (χ2n) is 5.47. The third-order valence-corrected chi connectivity index (χ3v) is 4.50. The SMILES string of the molecule is Cc1ccc(C(C)NC(=O)c2cc(-c3cccs3)n(C)n2)nc1. The summed E-state index contributed by atoms with van der Waals surface area (Å²) >= 11 is 1.62. The van der Waals surface area contributed by atoms with Crippen LogP contribution in [0.1, 0.15) is 34.7 Å². The van der Waals surface area contributed by atoms with E-state index in [2.05, 4.69) is 15.4 Å². The predicted molar refractivity (Wildman–Crippen MR) is 91.4 cm³/mol.